The highest BCUT2D eigenvalue weighted by molar-refractivity contribution is 5.95. The number of carbonyl (C=O) groups is 5. The van der Waals surface area contributed by atoms with Crippen molar-refractivity contribution in [1.29, 1.82) is 0 Å². The van der Waals surface area contributed by atoms with Gasteiger partial charge in [0.2, 0.25) is 23.6 Å². The van der Waals surface area contributed by atoms with Crippen molar-refractivity contribution >= 4 is 40.5 Å². The lowest BCUT2D eigenvalue weighted by Gasteiger charge is -2.26. The number of carboxylic acid groups (broad SMARTS) is 1. The molecular formula is C26H38N6O7. The zero-order valence-electron chi connectivity index (χ0n) is 22.3. The lowest BCUT2D eigenvalue weighted by molar-refractivity contribution is -0.145. The third kappa shape index (κ3) is 8.79. The summed E-state index contributed by atoms with van der Waals surface area (Å²) in [6.45, 7) is 4.88. The molecule has 0 aliphatic heterocycles. The summed E-state index contributed by atoms with van der Waals surface area (Å²) in [5, 5.41) is 27.2. The van der Waals surface area contributed by atoms with Crippen LogP contribution in [0.3, 0.4) is 0 Å². The minimum absolute atomic E-state index is 0.0460. The third-order valence-corrected chi connectivity index (χ3v) is 6.65. The Labute approximate surface area is 226 Å². The van der Waals surface area contributed by atoms with Crippen LogP contribution in [0.4, 0.5) is 0 Å². The van der Waals surface area contributed by atoms with Crippen molar-refractivity contribution in [3.8, 4) is 0 Å². The Morgan fingerprint density at radius 3 is 2.18 bits per heavy atom. The van der Waals surface area contributed by atoms with Crippen molar-refractivity contribution in [2.24, 2.45) is 17.4 Å². The van der Waals surface area contributed by atoms with Gasteiger partial charge in [-0.05, 0) is 30.9 Å². The van der Waals surface area contributed by atoms with Crippen LogP contribution in [0.15, 0.2) is 30.5 Å². The molecule has 2 aromatic rings. The molecule has 0 aliphatic carbocycles. The first-order valence-corrected chi connectivity index (χ1v) is 12.8. The summed E-state index contributed by atoms with van der Waals surface area (Å²) in [5.41, 5.74) is 12.9. The Kier molecular flexibility index (Phi) is 11.4. The van der Waals surface area contributed by atoms with Gasteiger partial charge in [-0.15, -0.1) is 0 Å². The molecule has 13 nitrogen and oxygen atoms in total. The number of hydrogen-bond acceptors (Lipinski definition) is 7. The molecule has 0 saturated carbocycles. The molecule has 0 bridgehead atoms. The smallest absolute Gasteiger partial charge is 0.328 e. The molecule has 4 amide bonds. The number of aliphatic carboxylic acids is 1. The molecule has 214 valence electrons. The first-order valence-electron chi connectivity index (χ1n) is 12.8. The maximum atomic E-state index is 13.5. The van der Waals surface area contributed by atoms with E-state index in [1.807, 2.05) is 38.1 Å². The molecule has 6 unspecified atom stereocenters. The molecule has 13 heteroatoms. The van der Waals surface area contributed by atoms with Crippen molar-refractivity contribution in [3.63, 3.8) is 0 Å². The number of H-pyrrole nitrogens is 1. The van der Waals surface area contributed by atoms with E-state index < -0.39 is 59.9 Å². The highest BCUT2D eigenvalue weighted by Gasteiger charge is 2.33. The van der Waals surface area contributed by atoms with Gasteiger partial charge >= 0.3 is 5.97 Å². The van der Waals surface area contributed by atoms with Gasteiger partial charge < -0.3 is 42.6 Å². The molecule has 39 heavy (non-hydrogen) atoms. The molecular weight excluding hydrogens is 508 g/mol. The number of hydrogen-bond donors (Lipinski definition) is 8. The predicted molar refractivity (Wildman–Crippen MR) is 143 cm³/mol. The summed E-state index contributed by atoms with van der Waals surface area (Å²) < 4.78 is 0. The number of benzene rings is 1. The monoisotopic (exact) mass is 546 g/mol. The Hall–Kier alpha value is -3.97. The fourth-order valence-electron chi connectivity index (χ4n) is 3.98. The Morgan fingerprint density at radius 2 is 1.59 bits per heavy atom. The molecule has 0 aliphatic rings. The highest BCUT2D eigenvalue weighted by atomic mass is 16.4. The van der Waals surface area contributed by atoms with Crippen molar-refractivity contribution in [2.75, 3.05) is 0 Å². The largest absolute Gasteiger partial charge is 0.480 e. The Balaban J connectivity index is 2.34. The number of para-hydroxylation sites is 1. The lowest BCUT2D eigenvalue weighted by atomic mass is 9.98. The van der Waals surface area contributed by atoms with Crippen molar-refractivity contribution in [2.45, 2.75) is 76.7 Å². The number of rotatable bonds is 15. The summed E-state index contributed by atoms with van der Waals surface area (Å²) >= 11 is 0. The predicted octanol–water partition coefficient (Wildman–Crippen LogP) is -0.731. The number of aromatic amines is 1. The van der Waals surface area contributed by atoms with E-state index in [2.05, 4.69) is 20.9 Å². The standard InChI is InChI=1S/C26H38N6O7/c1-4-13(2)21(28)25(37)31-19(11-15-12-29-17-8-6-5-7-16(15)17)24(36)30-18(9-10-20(27)34)23(35)32-22(14(3)33)26(38)39/h5-8,12-14,18-19,21-22,29,33H,4,9-11,28H2,1-3H3,(H2,27,34)(H,30,36)(H,31,37)(H,32,35)(H,38,39). The fourth-order valence-corrected chi connectivity index (χ4v) is 3.98. The van der Waals surface area contributed by atoms with Crippen LogP contribution in [0.25, 0.3) is 10.9 Å². The highest BCUT2D eigenvalue weighted by Crippen LogP contribution is 2.19. The second kappa shape index (κ2) is 14.3. The van der Waals surface area contributed by atoms with Crippen LogP contribution in [0.1, 0.15) is 45.6 Å². The van der Waals surface area contributed by atoms with Crippen LogP contribution in [0.2, 0.25) is 0 Å². The van der Waals surface area contributed by atoms with Crippen LogP contribution < -0.4 is 27.4 Å². The number of aliphatic hydroxyl groups excluding tert-OH is 1. The molecule has 10 N–H and O–H groups in total. The van der Waals surface area contributed by atoms with E-state index in [1.54, 1.807) is 6.20 Å². The van der Waals surface area contributed by atoms with Crippen LogP contribution in [-0.4, -0.2) is 75.1 Å². The van der Waals surface area contributed by atoms with Gasteiger partial charge in [-0.3, -0.25) is 19.2 Å². The molecule has 0 spiro atoms. The molecule has 6 atom stereocenters. The van der Waals surface area contributed by atoms with Gasteiger partial charge in [0, 0.05) is 29.9 Å². The minimum atomic E-state index is -1.65. The van der Waals surface area contributed by atoms with Crippen LogP contribution in [0, 0.1) is 5.92 Å². The molecule has 1 aromatic heterocycles. The zero-order valence-corrected chi connectivity index (χ0v) is 22.3. The van der Waals surface area contributed by atoms with Crippen LogP contribution >= 0.6 is 0 Å². The summed E-state index contributed by atoms with van der Waals surface area (Å²) in [6.07, 6.45) is 0.433. The first kappa shape index (κ1) is 31.2. The SMILES string of the molecule is CCC(C)C(N)C(=O)NC(Cc1c[nH]c2ccccc12)C(=O)NC(CCC(N)=O)C(=O)NC(C(=O)O)C(C)O. The van der Waals surface area contributed by atoms with E-state index in [0.29, 0.717) is 6.42 Å². The summed E-state index contributed by atoms with van der Waals surface area (Å²) in [7, 11) is 0. The van der Waals surface area contributed by atoms with Crippen LogP contribution in [-0.2, 0) is 30.4 Å². The number of fused-ring (bicyclic) bond motifs is 1. The van der Waals surface area contributed by atoms with Gasteiger partial charge in [-0.25, -0.2) is 4.79 Å². The van der Waals surface area contributed by atoms with Gasteiger partial charge in [0.1, 0.15) is 12.1 Å². The number of aliphatic hydroxyl groups is 1. The number of aromatic nitrogens is 1. The number of primary amides is 1. The molecule has 0 radical (unpaired) electrons. The number of carboxylic acids is 1. The molecule has 0 saturated heterocycles. The fraction of sp³-hybridized carbons (Fsp3) is 0.500. The van der Waals surface area contributed by atoms with E-state index in [0.717, 1.165) is 16.5 Å². The van der Waals surface area contributed by atoms with Crippen molar-refractivity contribution in [3.05, 3.63) is 36.0 Å². The lowest BCUT2D eigenvalue weighted by Crippen LogP contribution is -2.59. The van der Waals surface area contributed by atoms with E-state index in [4.69, 9.17) is 11.5 Å². The third-order valence-electron chi connectivity index (χ3n) is 6.65. The quantitative estimate of drug-likeness (QED) is 0.142. The van der Waals surface area contributed by atoms with Gasteiger partial charge in [-0.1, -0.05) is 38.5 Å². The zero-order chi connectivity index (χ0) is 29.3. The number of nitrogens with two attached hydrogens (primary N) is 2. The van der Waals surface area contributed by atoms with Gasteiger partial charge in [-0.2, -0.15) is 0 Å². The van der Waals surface area contributed by atoms with E-state index in [1.165, 1.54) is 6.92 Å². The summed E-state index contributed by atoms with van der Waals surface area (Å²) in [6, 6.07) is 2.31. The topological polar surface area (TPSA) is 230 Å². The first-order chi connectivity index (χ1) is 18.3. The molecule has 2 rings (SSSR count). The van der Waals surface area contributed by atoms with E-state index in [-0.39, 0.29) is 25.2 Å². The Morgan fingerprint density at radius 1 is 0.974 bits per heavy atom. The molecule has 0 fully saturated rings. The maximum absolute atomic E-state index is 13.5. The normalized spacial score (nSPS) is 15.8. The number of nitrogens with one attached hydrogen (secondary N) is 4. The second-order valence-corrected chi connectivity index (χ2v) is 9.67. The second-order valence-electron chi connectivity index (χ2n) is 9.67. The number of carbonyl (C=O) groups excluding carboxylic acids is 4. The molecule has 1 aromatic carbocycles. The average molecular weight is 547 g/mol. The van der Waals surface area contributed by atoms with Gasteiger partial charge in [0.05, 0.1) is 12.1 Å². The average Bonchev–Trinajstić information content (AvgIpc) is 3.30. The van der Waals surface area contributed by atoms with Gasteiger partial charge in [0.15, 0.2) is 6.04 Å². The van der Waals surface area contributed by atoms with E-state index >= 15 is 0 Å². The number of amides is 4. The minimum Gasteiger partial charge on any atom is -0.480 e. The Bertz CT molecular complexity index is 1180. The maximum Gasteiger partial charge on any atom is 0.328 e. The van der Waals surface area contributed by atoms with E-state index in [9.17, 15) is 34.2 Å². The molecule has 1 heterocycles. The van der Waals surface area contributed by atoms with Crippen LogP contribution in [0.5, 0.6) is 0 Å². The van der Waals surface area contributed by atoms with Gasteiger partial charge in [0.25, 0.3) is 0 Å². The van der Waals surface area contributed by atoms with Crippen molar-refractivity contribution < 1.29 is 34.2 Å². The summed E-state index contributed by atoms with van der Waals surface area (Å²) in [4.78, 5) is 65.3. The summed E-state index contributed by atoms with van der Waals surface area (Å²) in [5.74, 6) is -4.63. The van der Waals surface area contributed by atoms with Crippen molar-refractivity contribution in [1.82, 2.24) is 20.9 Å².